The molecule has 8 nitrogen and oxygen atoms in total. The van der Waals surface area contributed by atoms with E-state index >= 15 is 0 Å². The summed E-state index contributed by atoms with van der Waals surface area (Å²) in [5, 5.41) is 5.34. The van der Waals surface area contributed by atoms with Crippen LogP contribution >= 0.6 is 23.1 Å². The summed E-state index contributed by atoms with van der Waals surface area (Å²) in [5.41, 5.74) is 10.9. The molecular weight excluding hydrogens is 532 g/mol. The summed E-state index contributed by atoms with van der Waals surface area (Å²) < 4.78 is 5.70. The van der Waals surface area contributed by atoms with E-state index in [1.54, 1.807) is 29.3 Å². The van der Waals surface area contributed by atoms with Crippen molar-refractivity contribution in [1.82, 2.24) is 10.3 Å². The number of alkyl carbamates (subject to hydrolysis) is 1. The predicted molar refractivity (Wildman–Crippen MR) is 151 cm³/mol. The third-order valence-electron chi connectivity index (χ3n) is 6.92. The SMILES string of the molecule is NC(=O)c1ccc2c(c1)N(Cc1nccs1)C(=O)[C@@H](NC(=O)OCC1c3ccccc3-c3ccccc31)CS2. The molecule has 2 heterocycles. The van der Waals surface area contributed by atoms with Gasteiger partial charge in [0.15, 0.2) is 0 Å². The smallest absolute Gasteiger partial charge is 0.407 e. The van der Waals surface area contributed by atoms with Crippen LogP contribution in [0.5, 0.6) is 0 Å². The Kier molecular flexibility index (Phi) is 6.80. The van der Waals surface area contributed by atoms with Crippen molar-refractivity contribution >= 4 is 46.7 Å². The van der Waals surface area contributed by atoms with Gasteiger partial charge in [-0.3, -0.25) is 9.59 Å². The number of hydrogen-bond donors (Lipinski definition) is 2. The molecule has 0 bridgehead atoms. The van der Waals surface area contributed by atoms with Crippen LogP contribution in [0.25, 0.3) is 11.1 Å². The van der Waals surface area contributed by atoms with Crippen LogP contribution in [0.2, 0.25) is 0 Å². The molecule has 3 N–H and O–H groups in total. The average molecular weight is 557 g/mol. The van der Waals surface area contributed by atoms with E-state index in [2.05, 4.69) is 34.6 Å². The number of primary amides is 1. The van der Waals surface area contributed by atoms with Crippen LogP contribution in [0.4, 0.5) is 10.5 Å². The van der Waals surface area contributed by atoms with Crippen LogP contribution in [0.3, 0.4) is 0 Å². The molecule has 196 valence electrons. The van der Waals surface area contributed by atoms with Crippen LogP contribution in [-0.2, 0) is 16.1 Å². The van der Waals surface area contributed by atoms with Crippen LogP contribution in [0.15, 0.2) is 83.2 Å². The van der Waals surface area contributed by atoms with E-state index in [9.17, 15) is 14.4 Å². The number of fused-ring (bicyclic) bond motifs is 4. The second-order valence-electron chi connectivity index (χ2n) is 9.23. The first-order chi connectivity index (χ1) is 19.0. The Morgan fingerprint density at radius 3 is 2.44 bits per heavy atom. The largest absolute Gasteiger partial charge is 0.449 e. The normalized spacial score (nSPS) is 16.2. The number of nitrogens with one attached hydrogen (secondary N) is 1. The molecule has 1 aliphatic carbocycles. The van der Waals surface area contributed by atoms with Crippen molar-refractivity contribution in [2.24, 2.45) is 5.73 Å². The molecule has 1 aliphatic heterocycles. The number of aromatic nitrogens is 1. The highest BCUT2D eigenvalue weighted by Crippen LogP contribution is 2.44. The highest BCUT2D eigenvalue weighted by atomic mass is 32.2. The molecule has 39 heavy (non-hydrogen) atoms. The van der Waals surface area contributed by atoms with Gasteiger partial charge in [0.2, 0.25) is 5.91 Å². The summed E-state index contributed by atoms with van der Waals surface area (Å²) in [6, 6.07) is 20.4. The van der Waals surface area contributed by atoms with Crippen LogP contribution in [0, 0.1) is 0 Å². The van der Waals surface area contributed by atoms with Gasteiger partial charge in [-0.15, -0.1) is 23.1 Å². The van der Waals surface area contributed by atoms with Gasteiger partial charge in [0.1, 0.15) is 17.7 Å². The predicted octanol–water partition coefficient (Wildman–Crippen LogP) is 4.79. The fraction of sp³-hybridized carbons (Fsp3) is 0.172. The maximum atomic E-state index is 13.7. The maximum Gasteiger partial charge on any atom is 0.407 e. The van der Waals surface area contributed by atoms with E-state index in [1.165, 1.54) is 23.1 Å². The molecule has 0 saturated heterocycles. The number of nitrogens with two attached hydrogens (primary N) is 1. The minimum atomic E-state index is -0.838. The first-order valence-electron chi connectivity index (χ1n) is 12.4. The van der Waals surface area contributed by atoms with Gasteiger partial charge in [-0.25, -0.2) is 9.78 Å². The minimum Gasteiger partial charge on any atom is -0.449 e. The summed E-state index contributed by atoms with van der Waals surface area (Å²) in [7, 11) is 0. The number of amides is 3. The Morgan fingerprint density at radius 2 is 1.77 bits per heavy atom. The highest BCUT2D eigenvalue weighted by Gasteiger charge is 2.34. The summed E-state index contributed by atoms with van der Waals surface area (Å²) in [4.78, 5) is 45.3. The van der Waals surface area contributed by atoms with Gasteiger partial charge >= 0.3 is 6.09 Å². The van der Waals surface area contributed by atoms with E-state index in [1.807, 2.05) is 29.6 Å². The molecule has 0 saturated carbocycles. The Balaban J connectivity index is 1.20. The summed E-state index contributed by atoms with van der Waals surface area (Å²) in [5.74, 6) is -0.672. The van der Waals surface area contributed by atoms with Crippen molar-refractivity contribution in [3.63, 3.8) is 0 Å². The molecule has 1 atom stereocenters. The van der Waals surface area contributed by atoms with Gasteiger partial charge in [0, 0.05) is 33.7 Å². The average Bonchev–Trinajstić information content (AvgIpc) is 3.55. The monoisotopic (exact) mass is 556 g/mol. The lowest BCUT2D eigenvalue weighted by Crippen LogP contribution is -2.49. The van der Waals surface area contributed by atoms with Crippen molar-refractivity contribution in [2.75, 3.05) is 17.3 Å². The number of anilines is 1. The van der Waals surface area contributed by atoms with E-state index in [-0.39, 0.29) is 25.0 Å². The lowest BCUT2D eigenvalue weighted by Gasteiger charge is -2.25. The van der Waals surface area contributed by atoms with E-state index in [4.69, 9.17) is 10.5 Å². The van der Waals surface area contributed by atoms with Crippen LogP contribution in [0.1, 0.15) is 32.4 Å². The molecule has 0 spiro atoms. The molecule has 10 heteroatoms. The molecule has 1 aromatic heterocycles. The summed E-state index contributed by atoms with van der Waals surface area (Å²) in [6.07, 6.45) is 1.01. The number of benzene rings is 3. The molecule has 3 amide bonds. The fourth-order valence-corrected chi connectivity index (χ4v) is 6.73. The molecule has 0 unspecified atom stereocenters. The number of thioether (sulfide) groups is 1. The molecule has 6 rings (SSSR count). The number of ether oxygens (including phenoxy) is 1. The lowest BCUT2D eigenvalue weighted by molar-refractivity contribution is -0.120. The summed E-state index contributed by atoms with van der Waals surface area (Å²) in [6.45, 7) is 0.355. The first kappa shape index (κ1) is 25.1. The zero-order valence-electron chi connectivity index (χ0n) is 20.7. The molecule has 2 aliphatic rings. The van der Waals surface area contributed by atoms with Crippen molar-refractivity contribution < 1.29 is 19.1 Å². The zero-order valence-corrected chi connectivity index (χ0v) is 22.3. The molecule has 0 radical (unpaired) electrons. The number of carbonyl (C=O) groups is 3. The highest BCUT2D eigenvalue weighted by molar-refractivity contribution is 7.99. The number of thiazole rings is 1. The van der Waals surface area contributed by atoms with Crippen molar-refractivity contribution in [3.8, 4) is 11.1 Å². The second-order valence-corrected chi connectivity index (χ2v) is 11.3. The second kappa shape index (κ2) is 10.5. The van der Waals surface area contributed by atoms with Crippen molar-refractivity contribution in [1.29, 1.82) is 0 Å². The third-order valence-corrected chi connectivity index (χ3v) is 8.84. The van der Waals surface area contributed by atoms with Crippen LogP contribution in [-0.4, -0.2) is 41.3 Å². The van der Waals surface area contributed by atoms with Crippen LogP contribution < -0.4 is 16.0 Å². The lowest BCUT2D eigenvalue weighted by atomic mass is 9.98. The maximum absolute atomic E-state index is 13.7. The molecule has 3 aromatic carbocycles. The van der Waals surface area contributed by atoms with Gasteiger partial charge in [0.05, 0.1) is 12.2 Å². The van der Waals surface area contributed by atoms with Gasteiger partial charge < -0.3 is 20.7 Å². The van der Waals surface area contributed by atoms with Gasteiger partial charge in [-0.2, -0.15) is 0 Å². The van der Waals surface area contributed by atoms with Crippen molar-refractivity contribution in [3.05, 3.63) is 100 Å². The topological polar surface area (TPSA) is 115 Å². The summed E-state index contributed by atoms with van der Waals surface area (Å²) >= 11 is 2.84. The van der Waals surface area contributed by atoms with E-state index in [0.29, 0.717) is 17.0 Å². The number of nitrogens with zero attached hydrogens (tertiary/aromatic N) is 2. The van der Waals surface area contributed by atoms with E-state index < -0.39 is 18.0 Å². The number of hydrogen-bond acceptors (Lipinski definition) is 7. The third kappa shape index (κ3) is 4.88. The molecule has 4 aromatic rings. The zero-order chi connectivity index (χ0) is 26.9. The Labute approximate surface area is 233 Å². The van der Waals surface area contributed by atoms with E-state index in [0.717, 1.165) is 32.2 Å². The fourth-order valence-electron chi connectivity index (χ4n) is 5.07. The van der Waals surface area contributed by atoms with Gasteiger partial charge in [0.25, 0.3) is 5.91 Å². The van der Waals surface area contributed by atoms with Gasteiger partial charge in [-0.05, 0) is 40.5 Å². The Hall–Kier alpha value is -4.15. The van der Waals surface area contributed by atoms with Crippen molar-refractivity contribution in [2.45, 2.75) is 23.4 Å². The minimum absolute atomic E-state index is 0.0831. The molecule has 0 fully saturated rings. The Bertz CT molecular complexity index is 1530. The quantitative estimate of drug-likeness (QED) is 0.353. The number of rotatable bonds is 6. The number of carbonyl (C=O) groups excluding carboxylic acids is 3. The standard InChI is InChI=1S/C29H24N4O4S2/c30-27(34)17-9-10-25-24(13-17)33(14-26-31-11-12-38-26)28(35)23(16-39-25)32-29(36)37-15-22-20-7-3-1-5-18(20)19-6-2-4-8-21(19)22/h1-13,22-23H,14-16H2,(H2,30,34)(H,32,36)/t23-/m0/s1. The van der Waals surface area contributed by atoms with Gasteiger partial charge in [-0.1, -0.05) is 48.5 Å². The first-order valence-corrected chi connectivity index (χ1v) is 14.2. The molecular formula is C29H24N4O4S2. The Morgan fingerprint density at radius 1 is 1.05 bits per heavy atom.